The van der Waals surface area contributed by atoms with Crippen molar-refractivity contribution in [2.45, 2.75) is 19.6 Å². The molecule has 1 atom stereocenters. The molecule has 0 spiro atoms. The van der Waals surface area contributed by atoms with E-state index in [1.807, 2.05) is 24.3 Å². The van der Waals surface area contributed by atoms with E-state index in [9.17, 15) is 5.11 Å². The number of hydrogen-bond acceptors (Lipinski definition) is 4. The van der Waals surface area contributed by atoms with Gasteiger partial charge < -0.3 is 9.84 Å². The Labute approximate surface area is 131 Å². The second kappa shape index (κ2) is 6.02. The highest BCUT2D eigenvalue weighted by Gasteiger charge is 2.11. The van der Waals surface area contributed by atoms with Gasteiger partial charge in [-0.15, -0.1) is 11.3 Å². The van der Waals surface area contributed by atoms with E-state index in [0.717, 1.165) is 15.2 Å². The standard InChI is InChI=1S/C16H14ClNO2S/c1-10(19)12-8-11(17)6-7-14(12)20-9-16-18-13-4-2-3-5-15(13)21-16/h2-8,10,19H,9H2,1H3/t10-/m1/s1. The van der Waals surface area contributed by atoms with Crippen molar-refractivity contribution >= 4 is 33.2 Å². The molecule has 3 rings (SSSR count). The number of ether oxygens (including phenoxy) is 1. The quantitative estimate of drug-likeness (QED) is 0.765. The Morgan fingerprint density at radius 3 is 2.86 bits per heavy atom. The van der Waals surface area contributed by atoms with Crippen molar-refractivity contribution in [2.24, 2.45) is 0 Å². The zero-order valence-corrected chi connectivity index (χ0v) is 13.0. The Balaban J connectivity index is 1.81. The topological polar surface area (TPSA) is 42.4 Å². The molecular formula is C16H14ClNO2S. The molecule has 1 aromatic heterocycles. The molecule has 2 aromatic carbocycles. The Bertz CT molecular complexity index is 737. The number of aromatic nitrogens is 1. The molecule has 0 radical (unpaired) electrons. The van der Waals surface area contributed by atoms with Crippen LogP contribution < -0.4 is 4.74 Å². The first-order valence-electron chi connectivity index (χ1n) is 6.58. The van der Waals surface area contributed by atoms with Crippen molar-refractivity contribution < 1.29 is 9.84 Å². The van der Waals surface area contributed by atoms with E-state index in [0.29, 0.717) is 22.9 Å². The number of thiazole rings is 1. The third-order valence-corrected chi connectivity index (χ3v) is 4.36. The van der Waals surface area contributed by atoms with Gasteiger partial charge >= 0.3 is 0 Å². The van der Waals surface area contributed by atoms with Crippen LogP contribution in [0.1, 0.15) is 23.6 Å². The summed E-state index contributed by atoms with van der Waals surface area (Å²) < 4.78 is 6.94. The van der Waals surface area contributed by atoms with Gasteiger partial charge in [0, 0.05) is 10.6 Å². The largest absolute Gasteiger partial charge is 0.486 e. The summed E-state index contributed by atoms with van der Waals surface area (Å²) in [6.07, 6.45) is -0.630. The van der Waals surface area contributed by atoms with Gasteiger partial charge in [-0.05, 0) is 37.3 Å². The maximum atomic E-state index is 9.79. The molecule has 1 heterocycles. The van der Waals surface area contributed by atoms with Crippen LogP contribution in [0.3, 0.4) is 0 Å². The lowest BCUT2D eigenvalue weighted by molar-refractivity contribution is 0.190. The van der Waals surface area contributed by atoms with E-state index in [1.54, 1.807) is 36.5 Å². The van der Waals surface area contributed by atoms with Crippen molar-refractivity contribution in [3.63, 3.8) is 0 Å². The monoisotopic (exact) mass is 319 g/mol. The summed E-state index contributed by atoms with van der Waals surface area (Å²) in [6, 6.07) is 13.2. The molecule has 3 aromatic rings. The predicted molar refractivity (Wildman–Crippen MR) is 86.0 cm³/mol. The van der Waals surface area contributed by atoms with E-state index in [2.05, 4.69) is 4.98 Å². The molecule has 21 heavy (non-hydrogen) atoms. The third-order valence-electron chi connectivity index (χ3n) is 3.11. The number of para-hydroxylation sites is 1. The molecule has 0 amide bonds. The van der Waals surface area contributed by atoms with Gasteiger partial charge in [-0.3, -0.25) is 0 Å². The number of hydrogen-bond donors (Lipinski definition) is 1. The van der Waals surface area contributed by atoms with Crippen molar-refractivity contribution in [3.05, 3.63) is 58.1 Å². The van der Waals surface area contributed by atoms with Crippen molar-refractivity contribution in [2.75, 3.05) is 0 Å². The van der Waals surface area contributed by atoms with Crippen molar-refractivity contribution in [3.8, 4) is 5.75 Å². The number of fused-ring (bicyclic) bond motifs is 1. The minimum Gasteiger partial charge on any atom is -0.486 e. The maximum absolute atomic E-state index is 9.79. The number of aliphatic hydroxyl groups excluding tert-OH is 1. The van der Waals surface area contributed by atoms with Gasteiger partial charge in [-0.25, -0.2) is 4.98 Å². The Morgan fingerprint density at radius 1 is 1.29 bits per heavy atom. The summed E-state index contributed by atoms with van der Waals surface area (Å²) in [5.74, 6) is 0.633. The summed E-state index contributed by atoms with van der Waals surface area (Å²) in [5.41, 5.74) is 1.66. The third kappa shape index (κ3) is 3.18. The SMILES string of the molecule is C[C@@H](O)c1cc(Cl)ccc1OCc1nc2ccccc2s1. The average molecular weight is 320 g/mol. The van der Waals surface area contributed by atoms with Crippen LogP contribution >= 0.6 is 22.9 Å². The number of nitrogens with zero attached hydrogens (tertiary/aromatic N) is 1. The minimum absolute atomic E-state index is 0.376. The number of halogens is 1. The van der Waals surface area contributed by atoms with Crippen molar-refractivity contribution in [1.82, 2.24) is 4.98 Å². The molecular weight excluding hydrogens is 306 g/mol. The highest BCUT2D eigenvalue weighted by molar-refractivity contribution is 7.18. The van der Waals surface area contributed by atoms with Crippen LogP contribution in [-0.4, -0.2) is 10.1 Å². The highest BCUT2D eigenvalue weighted by Crippen LogP contribution is 2.30. The van der Waals surface area contributed by atoms with Gasteiger partial charge in [0.25, 0.3) is 0 Å². The molecule has 0 bridgehead atoms. The minimum atomic E-state index is -0.630. The molecule has 108 valence electrons. The molecule has 0 aliphatic rings. The summed E-state index contributed by atoms with van der Waals surface area (Å²) in [5, 5.41) is 11.3. The molecule has 3 nitrogen and oxygen atoms in total. The lowest BCUT2D eigenvalue weighted by atomic mass is 10.1. The van der Waals surface area contributed by atoms with E-state index in [4.69, 9.17) is 16.3 Å². The molecule has 0 aliphatic carbocycles. The Hall–Kier alpha value is -1.62. The second-order valence-electron chi connectivity index (χ2n) is 4.72. The fourth-order valence-electron chi connectivity index (χ4n) is 2.10. The molecule has 0 unspecified atom stereocenters. The average Bonchev–Trinajstić information content (AvgIpc) is 2.88. The molecule has 1 N–H and O–H groups in total. The van der Waals surface area contributed by atoms with Gasteiger partial charge in [0.15, 0.2) is 0 Å². The summed E-state index contributed by atoms with van der Waals surface area (Å²) >= 11 is 7.56. The zero-order valence-electron chi connectivity index (χ0n) is 11.4. The van der Waals surface area contributed by atoms with Gasteiger partial charge in [-0.1, -0.05) is 23.7 Å². The van der Waals surface area contributed by atoms with E-state index in [1.165, 1.54) is 0 Å². The van der Waals surface area contributed by atoms with Crippen LogP contribution in [0.4, 0.5) is 0 Å². The fourth-order valence-corrected chi connectivity index (χ4v) is 3.16. The molecule has 0 saturated heterocycles. The summed E-state index contributed by atoms with van der Waals surface area (Å²) in [6.45, 7) is 2.07. The molecule has 5 heteroatoms. The van der Waals surface area contributed by atoms with E-state index in [-0.39, 0.29) is 0 Å². The van der Waals surface area contributed by atoms with Gasteiger partial charge in [0.1, 0.15) is 17.4 Å². The smallest absolute Gasteiger partial charge is 0.140 e. The van der Waals surface area contributed by atoms with Crippen LogP contribution in [0.5, 0.6) is 5.75 Å². The molecule has 0 aliphatic heterocycles. The first-order chi connectivity index (χ1) is 10.1. The van der Waals surface area contributed by atoms with E-state index < -0.39 is 6.10 Å². The predicted octanol–water partition coefficient (Wildman–Crippen LogP) is 4.58. The van der Waals surface area contributed by atoms with Gasteiger partial charge in [-0.2, -0.15) is 0 Å². The lowest BCUT2D eigenvalue weighted by Gasteiger charge is -2.13. The number of rotatable bonds is 4. The maximum Gasteiger partial charge on any atom is 0.140 e. The van der Waals surface area contributed by atoms with Crippen LogP contribution in [0.15, 0.2) is 42.5 Å². The molecule has 0 saturated carbocycles. The van der Waals surface area contributed by atoms with Crippen molar-refractivity contribution in [1.29, 1.82) is 0 Å². The number of benzene rings is 2. The van der Waals surface area contributed by atoms with E-state index >= 15 is 0 Å². The normalized spacial score (nSPS) is 12.5. The zero-order chi connectivity index (χ0) is 14.8. The lowest BCUT2D eigenvalue weighted by Crippen LogP contribution is -2.00. The first kappa shape index (κ1) is 14.3. The summed E-state index contributed by atoms with van der Waals surface area (Å²) in [4.78, 5) is 4.52. The Morgan fingerprint density at radius 2 is 2.10 bits per heavy atom. The highest BCUT2D eigenvalue weighted by atomic mass is 35.5. The van der Waals surface area contributed by atoms with Crippen LogP contribution in [0.2, 0.25) is 5.02 Å². The number of aliphatic hydroxyl groups is 1. The van der Waals surface area contributed by atoms with Gasteiger partial charge in [0.2, 0.25) is 0 Å². The van der Waals surface area contributed by atoms with Crippen LogP contribution in [-0.2, 0) is 6.61 Å². The van der Waals surface area contributed by atoms with Crippen LogP contribution in [0, 0.1) is 0 Å². The second-order valence-corrected chi connectivity index (χ2v) is 6.27. The Kier molecular flexibility index (Phi) is 4.10. The van der Waals surface area contributed by atoms with Gasteiger partial charge in [0.05, 0.1) is 16.3 Å². The van der Waals surface area contributed by atoms with Crippen LogP contribution in [0.25, 0.3) is 10.2 Å². The first-order valence-corrected chi connectivity index (χ1v) is 7.77. The molecule has 0 fully saturated rings. The fraction of sp³-hybridized carbons (Fsp3) is 0.188. The summed E-state index contributed by atoms with van der Waals surface area (Å²) in [7, 11) is 0.